The van der Waals surface area contributed by atoms with Gasteiger partial charge in [0.1, 0.15) is 0 Å². The summed E-state index contributed by atoms with van der Waals surface area (Å²) in [6.07, 6.45) is 1.79. The molecule has 0 aromatic heterocycles. The predicted molar refractivity (Wildman–Crippen MR) is 83.4 cm³/mol. The van der Waals surface area contributed by atoms with Gasteiger partial charge in [0, 0.05) is 37.2 Å². The second kappa shape index (κ2) is 6.09. The number of nitrogens with zero attached hydrogens (tertiary/aromatic N) is 1. The minimum atomic E-state index is -3.53. The zero-order valence-electron chi connectivity index (χ0n) is 12.5. The van der Waals surface area contributed by atoms with Crippen LogP contribution in [0.5, 0.6) is 0 Å². The fourth-order valence-electron chi connectivity index (χ4n) is 3.24. The Morgan fingerprint density at radius 3 is 2.86 bits per heavy atom. The molecule has 0 amide bonds. The van der Waals surface area contributed by atoms with Crippen molar-refractivity contribution in [3.05, 3.63) is 28.8 Å². The van der Waals surface area contributed by atoms with Gasteiger partial charge < -0.3 is 9.47 Å². The Morgan fingerprint density at radius 1 is 1.36 bits per heavy atom. The maximum absolute atomic E-state index is 12.9. The smallest absolute Gasteiger partial charge is 0.243 e. The molecular weight excluding hydrogens is 326 g/mol. The van der Waals surface area contributed by atoms with Gasteiger partial charge in [-0.1, -0.05) is 11.6 Å². The maximum Gasteiger partial charge on any atom is 0.243 e. The lowest BCUT2D eigenvalue weighted by Crippen LogP contribution is -2.32. The summed E-state index contributed by atoms with van der Waals surface area (Å²) in [6, 6.07) is 4.87. The molecule has 0 radical (unpaired) electrons. The van der Waals surface area contributed by atoms with Crippen LogP contribution in [0.3, 0.4) is 0 Å². The first-order chi connectivity index (χ1) is 10.5. The van der Waals surface area contributed by atoms with Crippen molar-refractivity contribution in [1.82, 2.24) is 4.31 Å². The largest absolute Gasteiger partial charge is 0.381 e. The lowest BCUT2D eigenvalue weighted by molar-refractivity contribution is 0.157. The summed E-state index contributed by atoms with van der Waals surface area (Å²) in [5.41, 5.74) is 0.757. The van der Waals surface area contributed by atoms with Crippen LogP contribution in [-0.4, -0.2) is 46.1 Å². The summed E-state index contributed by atoms with van der Waals surface area (Å²) in [5.74, 6) is 0. The summed E-state index contributed by atoms with van der Waals surface area (Å²) < 4.78 is 37.8. The molecule has 0 bridgehead atoms. The number of hydrogen-bond acceptors (Lipinski definition) is 4. The van der Waals surface area contributed by atoms with Crippen molar-refractivity contribution in [3.63, 3.8) is 0 Å². The second-order valence-electron chi connectivity index (χ2n) is 6.12. The molecule has 3 rings (SSSR count). The molecule has 2 heterocycles. The third-order valence-corrected chi connectivity index (χ3v) is 6.51. The third-order valence-electron chi connectivity index (χ3n) is 4.47. The van der Waals surface area contributed by atoms with E-state index in [9.17, 15) is 8.42 Å². The molecule has 2 aliphatic rings. The number of ether oxygens (including phenoxy) is 2. The number of hydrogen-bond donors (Lipinski definition) is 0. The van der Waals surface area contributed by atoms with Crippen molar-refractivity contribution in [2.24, 2.45) is 5.41 Å². The summed E-state index contributed by atoms with van der Waals surface area (Å²) in [6.45, 7) is 2.78. The average Bonchev–Trinajstić information content (AvgIpc) is 3.10. The van der Waals surface area contributed by atoms with Crippen LogP contribution in [-0.2, 0) is 26.1 Å². The van der Waals surface area contributed by atoms with E-state index >= 15 is 0 Å². The Labute approximate surface area is 136 Å². The Hall–Kier alpha value is -0.660. The van der Waals surface area contributed by atoms with Crippen molar-refractivity contribution in [1.29, 1.82) is 0 Å². The van der Waals surface area contributed by atoms with Crippen LogP contribution in [0.25, 0.3) is 0 Å². The number of halogens is 1. The van der Waals surface area contributed by atoms with Crippen LogP contribution < -0.4 is 0 Å². The van der Waals surface area contributed by atoms with E-state index in [1.807, 2.05) is 0 Å². The fourth-order valence-corrected chi connectivity index (χ4v) is 5.21. The van der Waals surface area contributed by atoms with Crippen molar-refractivity contribution in [2.75, 3.05) is 33.4 Å². The van der Waals surface area contributed by atoms with Gasteiger partial charge in [-0.3, -0.25) is 0 Å². The first-order valence-electron chi connectivity index (χ1n) is 7.32. The van der Waals surface area contributed by atoms with Crippen molar-refractivity contribution in [2.45, 2.75) is 24.3 Å². The lowest BCUT2D eigenvalue weighted by atomic mass is 9.87. The molecule has 2 saturated heterocycles. The third kappa shape index (κ3) is 3.03. The molecule has 1 aromatic rings. The predicted octanol–water partition coefficient (Wildman–Crippen LogP) is 2.29. The molecule has 0 saturated carbocycles. The number of methoxy groups -OCH3 is 1. The topological polar surface area (TPSA) is 55.8 Å². The molecule has 22 heavy (non-hydrogen) atoms. The van der Waals surface area contributed by atoms with Gasteiger partial charge >= 0.3 is 0 Å². The molecular formula is C15H20ClNO4S. The number of rotatable bonds is 4. The molecule has 1 atom stereocenters. The number of benzene rings is 1. The fraction of sp³-hybridized carbons (Fsp3) is 0.600. The molecule has 1 spiro atoms. The van der Waals surface area contributed by atoms with Gasteiger partial charge in [-0.2, -0.15) is 4.31 Å². The second-order valence-corrected chi connectivity index (χ2v) is 8.49. The van der Waals surface area contributed by atoms with Crippen molar-refractivity contribution < 1.29 is 17.9 Å². The summed E-state index contributed by atoms with van der Waals surface area (Å²) in [4.78, 5) is 0.239. The minimum absolute atomic E-state index is 0.000997. The molecule has 0 N–H and O–H groups in total. The van der Waals surface area contributed by atoms with Crippen LogP contribution >= 0.6 is 11.6 Å². The SMILES string of the molecule is COCc1cc(Cl)cc(S(=O)(=O)N2CCC3(CCOC3)C2)c1. The minimum Gasteiger partial charge on any atom is -0.381 e. The van der Waals surface area contributed by atoms with Gasteiger partial charge in [0.2, 0.25) is 10.0 Å². The average molecular weight is 346 g/mol. The van der Waals surface area contributed by atoms with E-state index in [1.165, 1.54) is 6.07 Å². The highest BCUT2D eigenvalue weighted by Gasteiger charge is 2.45. The molecule has 7 heteroatoms. The zero-order chi connectivity index (χ0) is 15.8. The van der Waals surface area contributed by atoms with Gasteiger partial charge in [-0.15, -0.1) is 0 Å². The van der Waals surface area contributed by atoms with E-state index in [0.29, 0.717) is 31.3 Å². The van der Waals surface area contributed by atoms with E-state index in [-0.39, 0.29) is 10.3 Å². The standard InChI is InChI=1S/C15H20ClNO4S/c1-20-9-12-6-13(16)8-14(7-12)22(18,19)17-4-2-15(10-17)3-5-21-11-15/h6-8H,2-5,9-11H2,1H3. The normalized spacial score (nSPS) is 26.1. The first kappa shape index (κ1) is 16.2. The molecule has 5 nitrogen and oxygen atoms in total. The molecule has 122 valence electrons. The highest BCUT2D eigenvalue weighted by Crippen LogP contribution is 2.40. The Kier molecular flexibility index (Phi) is 4.49. The molecule has 0 aliphatic carbocycles. The van der Waals surface area contributed by atoms with Gasteiger partial charge in [-0.25, -0.2) is 8.42 Å². The first-order valence-corrected chi connectivity index (χ1v) is 9.13. The molecule has 1 aromatic carbocycles. The van der Waals surface area contributed by atoms with E-state index < -0.39 is 10.0 Å². The van der Waals surface area contributed by atoms with Crippen LogP contribution in [0.2, 0.25) is 5.02 Å². The van der Waals surface area contributed by atoms with Crippen LogP contribution in [0.15, 0.2) is 23.1 Å². The van der Waals surface area contributed by atoms with Crippen LogP contribution in [0.4, 0.5) is 0 Å². The summed E-state index contributed by atoms with van der Waals surface area (Å²) >= 11 is 6.06. The highest BCUT2D eigenvalue weighted by atomic mass is 35.5. The number of sulfonamides is 1. The highest BCUT2D eigenvalue weighted by molar-refractivity contribution is 7.89. The van der Waals surface area contributed by atoms with Crippen molar-refractivity contribution >= 4 is 21.6 Å². The van der Waals surface area contributed by atoms with Gasteiger partial charge in [0.05, 0.1) is 18.1 Å². The Morgan fingerprint density at radius 2 is 2.18 bits per heavy atom. The Balaban J connectivity index is 1.87. The summed E-state index contributed by atoms with van der Waals surface area (Å²) in [5, 5.41) is 0.409. The van der Waals surface area contributed by atoms with Crippen LogP contribution in [0.1, 0.15) is 18.4 Å². The quantitative estimate of drug-likeness (QED) is 0.840. The van der Waals surface area contributed by atoms with E-state index in [1.54, 1.807) is 23.5 Å². The van der Waals surface area contributed by atoms with Gasteiger partial charge in [0.15, 0.2) is 0 Å². The molecule has 1 unspecified atom stereocenters. The lowest BCUT2D eigenvalue weighted by Gasteiger charge is -2.22. The van der Waals surface area contributed by atoms with E-state index in [2.05, 4.69) is 0 Å². The Bertz CT molecular complexity index is 656. The summed E-state index contributed by atoms with van der Waals surface area (Å²) in [7, 11) is -1.96. The zero-order valence-corrected chi connectivity index (χ0v) is 14.1. The van der Waals surface area contributed by atoms with Crippen molar-refractivity contribution in [3.8, 4) is 0 Å². The van der Waals surface area contributed by atoms with Gasteiger partial charge in [-0.05, 0) is 36.6 Å². The van der Waals surface area contributed by atoms with Crippen LogP contribution in [0, 0.1) is 5.41 Å². The van der Waals surface area contributed by atoms with Gasteiger partial charge in [0.25, 0.3) is 0 Å². The molecule has 2 aliphatic heterocycles. The van der Waals surface area contributed by atoms with E-state index in [0.717, 1.165) is 25.0 Å². The maximum atomic E-state index is 12.9. The van der Waals surface area contributed by atoms with E-state index in [4.69, 9.17) is 21.1 Å². The monoisotopic (exact) mass is 345 g/mol. The molecule has 2 fully saturated rings.